The molecule has 79 heavy (non-hydrogen) atoms. The first kappa shape index (κ1) is 60.2. The van der Waals surface area contributed by atoms with Gasteiger partial charge in [0.2, 0.25) is 11.8 Å². The highest BCUT2D eigenvalue weighted by atomic mass is 19.4. The van der Waals surface area contributed by atoms with Gasteiger partial charge in [0.05, 0.1) is 54.6 Å². The van der Waals surface area contributed by atoms with Crippen molar-refractivity contribution in [1.82, 2.24) is 45.1 Å². The predicted molar refractivity (Wildman–Crippen MR) is 261 cm³/mol. The van der Waals surface area contributed by atoms with Crippen molar-refractivity contribution >= 4 is 29.8 Å². The lowest BCUT2D eigenvalue weighted by atomic mass is 9.81. The highest BCUT2D eigenvalue weighted by Gasteiger charge is 2.57. The minimum Gasteiger partial charge on any atom is -0.465 e. The normalized spacial score (nSPS) is 14.7. The first-order chi connectivity index (χ1) is 36.8. The average molecular weight is 1120 g/mol. The number of fused-ring (bicyclic) bond motifs is 1. The van der Waals surface area contributed by atoms with Crippen molar-refractivity contribution in [1.29, 1.82) is 0 Å². The Hall–Kier alpha value is -7.99. The molecule has 5 aromatic rings. The van der Waals surface area contributed by atoms with E-state index in [1.165, 1.54) is 29.6 Å². The van der Waals surface area contributed by atoms with Crippen LogP contribution in [0.25, 0.3) is 22.5 Å². The van der Waals surface area contributed by atoms with Crippen molar-refractivity contribution in [2.75, 3.05) is 27.2 Å². The number of rotatable bonds is 19. The molecule has 0 fully saturated rings. The summed E-state index contributed by atoms with van der Waals surface area (Å²) in [5.41, 5.74) is -5.11. The third kappa shape index (κ3) is 14.4. The number of carbonyl (C=O) groups is 5. The summed E-state index contributed by atoms with van der Waals surface area (Å²) in [6.45, 7) is -3.91. The lowest BCUT2D eigenvalue weighted by molar-refractivity contribution is -0.221. The largest absolute Gasteiger partial charge is 0.465 e. The quantitative estimate of drug-likeness (QED) is 0.0405. The number of halogens is 10. The Morgan fingerprint density at radius 1 is 0.797 bits per heavy atom. The summed E-state index contributed by atoms with van der Waals surface area (Å²) in [4.78, 5) is 71.2. The minimum atomic E-state index is -5.25. The number of amides is 4. The van der Waals surface area contributed by atoms with E-state index in [9.17, 15) is 69.3 Å². The maximum atomic E-state index is 16.0. The average Bonchev–Trinajstić information content (AvgIpc) is 4.04. The van der Waals surface area contributed by atoms with Crippen LogP contribution in [0.5, 0.6) is 0 Å². The molecule has 6 rings (SSSR count). The van der Waals surface area contributed by atoms with Crippen molar-refractivity contribution in [2.24, 2.45) is 10.8 Å². The number of nitrogens with zero attached hydrogens (tertiary/aromatic N) is 6. The van der Waals surface area contributed by atoms with E-state index >= 15 is 8.78 Å². The Morgan fingerprint density at radius 2 is 1.37 bits per heavy atom. The molecule has 0 spiro atoms. The van der Waals surface area contributed by atoms with Gasteiger partial charge in [-0.1, -0.05) is 36.1 Å². The molecule has 0 unspecified atom stereocenters. The molecule has 4 amide bonds. The highest BCUT2D eigenvalue weighted by Crippen LogP contribution is 2.42. The fraction of sp³-hybridized carbons (Fsp3) is 0.404. The molecule has 0 bridgehead atoms. The Balaban J connectivity index is 1.34. The van der Waals surface area contributed by atoms with Crippen LogP contribution in [0.2, 0.25) is 0 Å². The van der Waals surface area contributed by atoms with E-state index in [4.69, 9.17) is 0 Å². The summed E-state index contributed by atoms with van der Waals surface area (Å²) in [5.74, 6) is 0.717. The summed E-state index contributed by atoms with van der Waals surface area (Å²) in [6, 6.07) is 8.52. The molecule has 27 heteroatoms. The number of carboxylic acid groups (broad SMARTS) is 1. The fourth-order valence-electron chi connectivity index (χ4n) is 8.30. The van der Waals surface area contributed by atoms with E-state index in [1.807, 2.05) is 5.32 Å². The molecule has 2 aromatic heterocycles. The van der Waals surface area contributed by atoms with Crippen molar-refractivity contribution in [3.8, 4) is 34.4 Å². The number of carbonyl (C=O) groups excluding carboxylic acids is 4. The number of imidazole rings is 1. The van der Waals surface area contributed by atoms with E-state index in [1.54, 1.807) is 47.0 Å². The van der Waals surface area contributed by atoms with Crippen LogP contribution >= 0.6 is 0 Å². The standard InChI is InChI=1S/C52H53F10N9O8/c1-49(2,51(57,58)59)43(65-47(76)77)40(73)25-69(22-33-34(53)20-32(21-35(33)54)36-17-18-71(67-36)46(55)56)24-39(72)37(64-45(75)44(66-48(78)79-6)50(3,4)52(60,61)62)19-30-11-9-28(10-12-30)7-8-29-13-15-31(16-14-29)38-23-70-27-42(74)68(5)26-41(70)63-38/h9-18,20-21,23,37,39,43-44,46,65,72H,19,22,24-27H2,1-6H3,(H,64,75)(H,66,78)(H,76,77)/t37-,39-,43+,44+/m0/s1. The number of methoxy groups -OCH3 is 1. The second-order valence-electron chi connectivity index (χ2n) is 19.7. The van der Waals surface area contributed by atoms with E-state index in [2.05, 4.69) is 32.0 Å². The number of ether oxygens (including phenoxy) is 1. The number of alkyl halides is 8. The molecular weight excluding hydrogens is 1070 g/mol. The first-order valence-corrected chi connectivity index (χ1v) is 23.8. The summed E-state index contributed by atoms with van der Waals surface area (Å²) >= 11 is 0. The topological polar surface area (TPSA) is 213 Å². The number of benzene rings is 3. The number of aliphatic hydroxyl groups excluding tert-OH is 1. The maximum absolute atomic E-state index is 16.0. The Morgan fingerprint density at radius 3 is 1.90 bits per heavy atom. The van der Waals surface area contributed by atoms with Crippen LogP contribution in [0, 0.1) is 34.3 Å². The number of Topliss-reactive ketones (excluding diaryl/α,β-unsaturated/α-hetero) is 1. The van der Waals surface area contributed by atoms with Crippen LogP contribution in [0.4, 0.5) is 53.5 Å². The van der Waals surface area contributed by atoms with Crippen molar-refractivity contribution < 1.29 is 82.8 Å². The fourth-order valence-corrected chi connectivity index (χ4v) is 8.30. The van der Waals surface area contributed by atoms with E-state index < -0.39 is 121 Å². The van der Waals surface area contributed by atoms with Crippen LogP contribution in [-0.2, 0) is 45.2 Å². The molecule has 5 N–H and O–H groups in total. The summed E-state index contributed by atoms with van der Waals surface area (Å²) < 4.78 is 152. The van der Waals surface area contributed by atoms with Crippen LogP contribution < -0.4 is 16.0 Å². The third-order valence-corrected chi connectivity index (χ3v) is 13.4. The van der Waals surface area contributed by atoms with Gasteiger partial charge in [-0.05, 0) is 82.1 Å². The Kier molecular flexibility index (Phi) is 18.3. The van der Waals surface area contributed by atoms with Gasteiger partial charge in [-0.3, -0.25) is 19.3 Å². The monoisotopic (exact) mass is 1120 g/mol. The number of likely N-dealkylation sites (N-methyl/N-ethyl adjacent to an activating group) is 1. The van der Waals surface area contributed by atoms with Gasteiger partial charge >= 0.3 is 31.1 Å². The Labute approximate surface area is 444 Å². The van der Waals surface area contributed by atoms with Gasteiger partial charge in [0.15, 0.2) is 5.78 Å². The SMILES string of the molecule is COC(=O)N[C@H](C(=O)N[C@@H](Cc1ccc(C#Cc2ccc(-c3cn4c(n3)CN(C)C(=O)C4)cc2)cc1)[C@@H](O)CN(CC(=O)[C@@H](NC(=O)O)C(C)(C)C(F)(F)F)Cc1c(F)cc(-c2ccn(C(F)F)n2)cc1F)C(C)(C)C(F)(F)F. The van der Waals surface area contributed by atoms with Gasteiger partial charge in [-0.25, -0.2) is 28.0 Å². The van der Waals surface area contributed by atoms with Crippen molar-refractivity contribution in [3.05, 3.63) is 119 Å². The molecular formula is C52H53F10N9O8. The van der Waals surface area contributed by atoms with Gasteiger partial charge in [0.25, 0.3) is 0 Å². The number of hydrogen-bond acceptors (Lipinski definition) is 10. The zero-order chi connectivity index (χ0) is 58.5. The number of aromatic nitrogens is 4. The second-order valence-corrected chi connectivity index (χ2v) is 19.7. The van der Waals surface area contributed by atoms with Crippen molar-refractivity contribution in [3.63, 3.8) is 0 Å². The maximum Gasteiger partial charge on any atom is 0.407 e. The van der Waals surface area contributed by atoms with Gasteiger partial charge in [-0.15, -0.1) is 0 Å². The smallest absolute Gasteiger partial charge is 0.407 e. The molecule has 3 heterocycles. The van der Waals surface area contributed by atoms with Gasteiger partial charge in [-0.2, -0.15) is 40.2 Å². The zero-order valence-electron chi connectivity index (χ0n) is 42.9. The molecule has 1 aliphatic heterocycles. The second kappa shape index (κ2) is 23.9. The number of ketones is 1. The first-order valence-electron chi connectivity index (χ1n) is 23.8. The van der Waals surface area contributed by atoms with E-state index in [-0.39, 0.29) is 34.0 Å². The number of hydrogen-bond donors (Lipinski definition) is 5. The molecule has 4 atom stereocenters. The van der Waals surface area contributed by atoms with Gasteiger partial charge in [0.1, 0.15) is 36.1 Å². The zero-order valence-corrected chi connectivity index (χ0v) is 42.9. The number of aliphatic hydroxyl groups is 1. The molecule has 0 saturated carbocycles. The van der Waals surface area contributed by atoms with Gasteiger partial charge < -0.3 is 40.4 Å². The van der Waals surface area contributed by atoms with Gasteiger partial charge in [0, 0.05) is 60.3 Å². The lowest BCUT2D eigenvalue weighted by Crippen LogP contribution is -2.62. The number of nitrogens with one attached hydrogen (secondary N) is 3. The van der Waals surface area contributed by atoms with Crippen LogP contribution in [0.1, 0.15) is 62.3 Å². The highest BCUT2D eigenvalue weighted by molar-refractivity contribution is 5.90. The molecule has 17 nitrogen and oxygen atoms in total. The lowest BCUT2D eigenvalue weighted by Gasteiger charge is -2.37. The summed E-state index contributed by atoms with van der Waals surface area (Å²) in [7, 11) is 2.49. The van der Waals surface area contributed by atoms with E-state index in [0.29, 0.717) is 68.1 Å². The molecule has 0 aliphatic carbocycles. The third-order valence-electron chi connectivity index (χ3n) is 13.4. The minimum absolute atomic E-state index is 0.0530. The summed E-state index contributed by atoms with van der Waals surface area (Å²) in [5, 5.41) is 30.7. The van der Waals surface area contributed by atoms with Crippen LogP contribution in [0.15, 0.2) is 79.1 Å². The van der Waals surface area contributed by atoms with E-state index in [0.717, 1.165) is 30.8 Å². The molecule has 3 aromatic carbocycles. The molecule has 424 valence electrons. The predicted octanol–water partition coefficient (Wildman–Crippen LogP) is 7.46. The van der Waals surface area contributed by atoms with Crippen LogP contribution in [0.3, 0.4) is 0 Å². The summed E-state index contributed by atoms with van der Waals surface area (Å²) in [6.07, 6.45) is -14.0. The molecule has 0 saturated heterocycles. The molecule has 1 aliphatic rings. The van der Waals surface area contributed by atoms with Crippen molar-refractivity contribution in [2.45, 2.75) is 96.9 Å². The Bertz CT molecular complexity index is 3090. The number of alkyl carbamates (subject to hydrolysis) is 1. The molecule has 0 radical (unpaired) electrons. The van der Waals surface area contributed by atoms with Crippen LogP contribution in [-0.4, -0.2) is 133 Å².